The lowest BCUT2D eigenvalue weighted by atomic mass is 10.1. The molecule has 1 aliphatic rings. The van der Waals surface area contributed by atoms with E-state index in [0.717, 1.165) is 18.8 Å². The van der Waals surface area contributed by atoms with Crippen LogP contribution in [0.4, 0.5) is 5.69 Å². The number of nitrogens with one attached hydrogen (secondary N) is 2. The minimum absolute atomic E-state index is 0.505. The van der Waals surface area contributed by atoms with Gasteiger partial charge in [0.05, 0.1) is 16.3 Å². The lowest BCUT2D eigenvalue weighted by Gasteiger charge is -2.13. The molecule has 84 valence electrons. The Labute approximate surface area is 100 Å². The van der Waals surface area contributed by atoms with Crippen molar-refractivity contribution in [2.45, 2.75) is 18.9 Å². The minimum Gasteiger partial charge on any atom is -0.382 e. The smallest absolute Gasteiger partial charge is 0.103 e. The maximum absolute atomic E-state index is 9.00. The number of rotatable bonds is 3. The van der Waals surface area contributed by atoms with Crippen LogP contribution in [-0.2, 0) is 0 Å². The van der Waals surface area contributed by atoms with Gasteiger partial charge in [-0.1, -0.05) is 17.7 Å². The molecule has 3 nitrogen and oxygen atoms in total. The van der Waals surface area contributed by atoms with Gasteiger partial charge < -0.3 is 10.6 Å². The highest BCUT2D eigenvalue weighted by Crippen LogP contribution is 2.23. The summed E-state index contributed by atoms with van der Waals surface area (Å²) in [4.78, 5) is 0. The summed E-state index contributed by atoms with van der Waals surface area (Å²) in [6.45, 7) is 1.93. The second kappa shape index (κ2) is 5.20. The first-order valence-electron chi connectivity index (χ1n) is 5.47. The molecular weight excluding hydrogens is 222 g/mol. The van der Waals surface area contributed by atoms with Gasteiger partial charge in [0.15, 0.2) is 0 Å². The van der Waals surface area contributed by atoms with Crippen molar-refractivity contribution in [3.8, 4) is 6.07 Å². The maximum atomic E-state index is 9.00. The van der Waals surface area contributed by atoms with Crippen LogP contribution in [0.5, 0.6) is 0 Å². The molecule has 0 radical (unpaired) electrons. The highest BCUT2D eigenvalue weighted by Gasteiger charge is 2.14. The van der Waals surface area contributed by atoms with Gasteiger partial charge in [0.1, 0.15) is 6.07 Å². The fourth-order valence-electron chi connectivity index (χ4n) is 1.95. The van der Waals surface area contributed by atoms with Gasteiger partial charge in [-0.2, -0.15) is 5.26 Å². The fraction of sp³-hybridized carbons (Fsp3) is 0.417. The summed E-state index contributed by atoms with van der Waals surface area (Å²) in [5.41, 5.74) is 1.35. The van der Waals surface area contributed by atoms with Crippen LogP contribution in [0.15, 0.2) is 18.2 Å². The van der Waals surface area contributed by atoms with E-state index in [9.17, 15) is 0 Å². The number of anilines is 1. The molecule has 1 aromatic rings. The molecule has 0 saturated carbocycles. The molecular formula is C12H14ClN3. The third kappa shape index (κ3) is 2.46. The van der Waals surface area contributed by atoms with Gasteiger partial charge in [0.25, 0.3) is 0 Å². The molecule has 0 amide bonds. The lowest BCUT2D eigenvalue weighted by molar-refractivity contribution is 0.633. The van der Waals surface area contributed by atoms with Crippen LogP contribution in [-0.4, -0.2) is 19.1 Å². The first-order valence-corrected chi connectivity index (χ1v) is 5.85. The molecule has 0 aliphatic carbocycles. The molecule has 1 heterocycles. The highest BCUT2D eigenvalue weighted by molar-refractivity contribution is 6.32. The quantitative estimate of drug-likeness (QED) is 0.846. The average Bonchev–Trinajstić information content (AvgIpc) is 2.79. The molecule has 1 fully saturated rings. The van der Waals surface area contributed by atoms with Gasteiger partial charge in [0.2, 0.25) is 0 Å². The number of benzene rings is 1. The van der Waals surface area contributed by atoms with Crippen molar-refractivity contribution in [1.82, 2.24) is 5.32 Å². The first-order chi connectivity index (χ1) is 7.81. The number of nitriles is 1. The van der Waals surface area contributed by atoms with Crippen molar-refractivity contribution >= 4 is 17.3 Å². The van der Waals surface area contributed by atoms with E-state index < -0.39 is 0 Å². The number of hydrogen-bond donors (Lipinski definition) is 2. The SMILES string of the molecule is N#Cc1c(Cl)cccc1NCC1CCCN1. The van der Waals surface area contributed by atoms with Crippen LogP contribution < -0.4 is 10.6 Å². The van der Waals surface area contributed by atoms with E-state index >= 15 is 0 Å². The molecule has 1 unspecified atom stereocenters. The molecule has 2 N–H and O–H groups in total. The van der Waals surface area contributed by atoms with E-state index in [4.69, 9.17) is 16.9 Å². The lowest BCUT2D eigenvalue weighted by Crippen LogP contribution is -2.29. The first kappa shape index (κ1) is 11.3. The molecule has 0 bridgehead atoms. The van der Waals surface area contributed by atoms with E-state index in [0.29, 0.717) is 16.6 Å². The highest BCUT2D eigenvalue weighted by atomic mass is 35.5. The third-order valence-electron chi connectivity index (χ3n) is 2.83. The van der Waals surface area contributed by atoms with Gasteiger partial charge in [0, 0.05) is 12.6 Å². The van der Waals surface area contributed by atoms with Crippen LogP contribution in [0, 0.1) is 11.3 Å². The van der Waals surface area contributed by atoms with E-state index in [2.05, 4.69) is 16.7 Å². The molecule has 0 spiro atoms. The Bertz CT molecular complexity index is 405. The molecule has 1 aromatic carbocycles. The molecule has 4 heteroatoms. The number of hydrogen-bond acceptors (Lipinski definition) is 3. The van der Waals surface area contributed by atoms with Crippen molar-refractivity contribution in [2.24, 2.45) is 0 Å². The van der Waals surface area contributed by atoms with Crippen LogP contribution in [0.1, 0.15) is 18.4 Å². The Morgan fingerprint density at radius 2 is 2.44 bits per heavy atom. The molecule has 2 rings (SSSR count). The predicted molar refractivity (Wildman–Crippen MR) is 65.7 cm³/mol. The number of nitrogens with zero attached hydrogens (tertiary/aromatic N) is 1. The van der Waals surface area contributed by atoms with E-state index in [-0.39, 0.29) is 0 Å². The van der Waals surface area contributed by atoms with Crippen LogP contribution in [0.25, 0.3) is 0 Å². The van der Waals surface area contributed by atoms with Gasteiger partial charge >= 0.3 is 0 Å². The molecule has 1 aliphatic heterocycles. The summed E-state index contributed by atoms with van der Waals surface area (Å²) < 4.78 is 0. The van der Waals surface area contributed by atoms with E-state index in [1.165, 1.54) is 12.8 Å². The summed E-state index contributed by atoms with van der Waals surface area (Å²) in [6, 6.07) is 8.11. The van der Waals surface area contributed by atoms with E-state index in [1.807, 2.05) is 12.1 Å². The maximum Gasteiger partial charge on any atom is 0.103 e. The van der Waals surface area contributed by atoms with Crippen molar-refractivity contribution in [2.75, 3.05) is 18.4 Å². The Morgan fingerprint density at radius 1 is 1.56 bits per heavy atom. The van der Waals surface area contributed by atoms with Crippen molar-refractivity contribution in [3.63, 3.8) is 0 Å². The van der Waals surface area contributed by atoms with Gasteiger partial charge in [-0.15, -0.1) is 0 Å². The molecule has 0 aromatic heterocycles. The Balaban J connectivity index is 2.03. The third-order valence-corrected chi connectivity index (χ3v) is 3.14. The second-order valence-electron chi connectivity index (χ2n) is 3.95. The molecule has 16 heavy (non-hydrogen) atoms. The van der Waals surface area contributed by atoms with Crippen molar-refractivity contribution < 1.29 is 0 Å². The van der Waals surface area contributed by atoms with E-state index in [1.54, 1.807) is 6.07 Å². The van der Waals surface area contributed by atoms with Gasteiger partial charge in [-0.3, -0.25) is 0 Å². The zero-order chi connectivity index (χ0) is 11.4. The molecule has 1 atom stereocenters. The van der Waals surface area contributed by atoms with Crippen LogP contribution in [0.3, 0.4) is 0 Å². The van der Waals surface area contributed by atoms with Crippen LogP contribution >= 0.6 is 11.6 Å². The van der Waals surface area contributed by atoms with Crippen LogP contribution in [0.2, 0.25) is 5.02 Å². The molecule has 1 saturated heterocycles. The summed E-state index contributed by atoms with van der Waals surface area (Å²) in [5, 5.41) is 16.2. The number of halogens is 1. The zero-order valence-electron chi connectivity index (χ0n) is 8.96. The monoisotopic (exact) mass is 235 g/mol. The normalized spacial score (nSPS) is 19.4. The Morgan fingerprint density at radius 3 is 3.12 bits per heavy atom. The zero-order valence-corrected chi connectivity index (χ0v) is 9.72. The van der Waals surface area contributed by atoms with Gasteiger partial charge in [-0.05, 0) is 31.5 Å². The van der Waals surface area contributed by atoms with Crippen molar-refractivity contribution in [3.05, 3.63) is 28.8 Å². The Hall–Kier alpha value is -1.24. The second-order valence-corrected chi connectivity index (χ2v) is 4.36. The summed E-state index contributed by atoms with van der Waals surface area (Å²) >= 11 is 5.95. The Kier molecular flexibility index (Phi) is 3.66. The minimum atomic E-state index is 0.505. The summed E-state index contributed by atoms with van der Waals surface area (Å²) in [5.74, 6) is 0. The van der Waals surface area contributed by atoms with Crippen molar-refractivity contribution in [1.29, 1.82) is 5.26 Å². The fourth-order valence-corrected chi connectivity index (χ4v) is 2.17. The summed E-state index contributed by atoms with van der Waals surface area (Å²) in [7, 11) is 0. The topological polar surface area (TPSA) is 47.9 Å². The van der Waals surface area contributed by atoms with Gasteiger partial charge in [-0.25, -0.2) is 0 Å². The average molecular weight is 236 g/mol. The summed E-state index contributed by atoms with van der Waals surface area (Å²) in [6.07, 6.45) is 2.42. The largest absolute Gasteiger partial charge is 0.382 e. The predicted octanol–water partition coefficient (Wildman–Crippen LogP) is 2.38. The standard InChI is InChI=1S/C12H14ClN3/c13-11-4-1-5-12(10(11)7-14)16-8-9-3-2-6-15-9/h1,4-5,9,15-16H,2-3,6,8H2.